The number of pyridine rings is 1. The predicted molar refractivity (Wildman–Crippen MR) is 142 cm³/mol. The van der Waals surface area contributed by atoms with E-state index < -0.39 is 0 Å². The maximum absolute atomic E-state index is 13.1. The second-order valence-corrected chi connectivity index (χ2v) is 9.15. The number of hydrogen-bond acceptors (Lipinski definition) is 5. The van der Waals surface area contributed by atoms with Crippen molar-refractivity contribution in [3.8, 4) is 11.4 Å². The number of carbonyl (C=O) groups excluding carboxylic acids is 1. The molecule has 0 radical (unpaired) electrons. The van der Waals surface area contributed by atoms with Crippen LogP contribution in [0.2, 0.25) is 0 Å². The maximum Gasteiger partial charge on any atom is 0.254 e. The first kappa shape index (κ1) is 24.3. The summed E-state index contributed by atoms with van der Waals surface area (Å²) in [6.07, 6.45) is 12.9. The number of hydrogen-bond donors (Lipinski definition) is 3. The fourth-order valence-corrected chi connectivity index (χ4v) is 4.78. The van der Waals surface area contributed by atoms with E-state index in [1.807, 2.05) is 47.6 Å². The third-order valence-electron chi connectivity index (χ3n) is 6.53. The summed E-state index contributed by atoms with van der Waals surface area (Å²) in [5, 5.41) is 0. The molecule has 184 valence electrons. The van der Waals surface area contributed by atoms with Crippen molar-refractivity contribution in [2.75, 3.05) is 13.1 Å². The van der Waals surface area contributed by atoms with E-state index in [4.69, 9.17) is 22.2 Å². The second-order valence-electron chi connectivity index (χ2n) is 9.15. The fraction of sp³-hybridized carbons (Fsp3) is 0.333. The summed E-state index contributed by atoms with van der Waals surface area (Å²) in [5.74, 6) is 0.00492. The third kappa shape index (κ3) is 4.88. The first-order chi connectivity index (χ1) is 16.8. The molecule has 8 heteroatoms. The van der Waals surface area contributed by atoms with Crippen molar-refractivity contribution in [1.82, 2.24) is 18.9 Å². The lowest BCUT2D eigenvalue weighted by molar-refractivity contribution is 0.0709. The summed E-state index contributed by atoms with van der Waals surface area (Å²) in [4.78, 5) is 19.9. The first-order valence-electron chi connectivity index (χ1n) is 12.0. The number of imidazole rings is 1. The van der Waals surface area contributed by atoms with Crippen LogP contribution in [0.15, 0.2) is 54.5 Å². The Hall–Kier alpha value is -3.78. The van der Waals surface area contributed by atoms with E-state index in [9.17, 15) is 4.79 Å². The third-order valence-corrected chi connectivity index (χ3v) is 6.53. The highest BCUT2D eigenvalue weighted by Crippen LogP contribution is 2.30. The maximum atomic E-state index is 13.1. The van der Waals surface area contributed by atoms with E-state index >= 15 is 0 Å². The number of piperidine rings is 1. The summed E-state index contributed by atoms with van der Waals surface area (Å²) in [5.41, 5.74) is 24.9. The van der Waals surface area contributed by atoms with E-state index in [-0.39, 0.29) is 11.9 Å². The molecule has 1 aliphatic heterocycles. The number of likely N-dealkylation sites (tertiary alicyclic amines) is 1. The van der Waals surface area contributed by atoms with Crippen molar-refractivity contribution in [2.24, 2.45) is 17.2 Å². The monoisotopic (exact) mass is 473 g/mol. The number of amides is 1. The molecule has 1 amide bonds. The van der Waals surface area contributed by atoms with E-state index in [0.717, 1.165) is 53.4 Å². The first-order valence-corrected chi connectivity index (χ1v) is 12.0. The summed E-state index contributed by atoms with van der Waals surface area (Å²) in [6.45, 7) is 7.96. The van der Waals surface area contributed by atoms with Crippen LogP contribution in [0.5, 0.6) is 0 Å². The minimum Gasteiger partial charge on any atom is -0.405 e. The zero-order chi connectivity index (χ0) is 25.1. The molecule has 1 atom stereocenters. The number of fused-ring (bicyclic) bond motifs is 1. The minimum absolute atomic E-state index is 0.00492. The molecule has 8 nitrogen and oxygen atoms in total. The van der Waals surface area contributed by atoms with Crippen LogP contribution in [-0.2, 0) is 6.54 Å². The van der Waals surface area contributed by atoms with Crippen LogP contribution in [-0.4, -0.2) is 43.9 Å². The molecule has 4 heterocycles. The van der Waals surface area contributed by atoms with Gasteiger partial charge < -0.3 is 31.1 Å². The van der Waals surface area contributed by atoms with Crippen molar-refractivity contribution < 1.29 is 4.79 Å². The van der Waals surface area contributed by atoms with Gasteiger partial charge >= 0.3 is 0 Å². The average Bonchev–Trinajstić information content (AvgIpc) is 3.33. The highest BCUT2D eigenvalue weighted by Gasteiger charge is 2.24. The van der Waals surface area contributed by atoms with Crippen molar-refractivity contribution in [3.63, 3.8) is 0 Å². The van der Waals surface area contributed by atoms with Crippen molar-refractivity contribution in [1.29, 1.82) is 0 Å². The Bertz CT molecular complexity index is 1320. The van der Waals surface area contributed by atoms with Gasteiger partial charge in [0.05, 0.1) is 12.2 Å². The zero-order valence-electron chi connectivity index (χ0n) is 20.7. The van der Waals surface area contributed by atoms with Gasteiger partial charge in [-0.25, -0.2) is 4.98 Å². The molecule has 6 N–H and O–H groups in total. The Balaban J connectivity index is 1.76. The minimum atomic E-state index is 0.00492. The van der Waals surface area contributed by atoms with Crippen LogP contribution in [0.4, 0.5) is 0 Å². The summed E-state index contributed by atoms with van der Waals surface area (Å²) >= 11 is 0. The van der Waals surface area contributed by atoms with Gasteiger partial charge in [0.15, 0.2) is 0 Å². The molecule has 1 aliphatic rings. The number of nitrogens with zero attached hydrogens (tertiary/aromatic N) is 4. The van der Waals surface area contributed by atoms with Crippen molar-refractivity contribution >= 4 is 17.6 Å². The lowest BCUT2D eigenvalue weighted by atomic mass is 10.1. The standard InChI is InChI=1S/C27H35N7O/c1-4-7-23-18(2)14-24(34(23)17-22(30)8-5-11-28)26-19(3)33-13-10-20(15-25(33)31-26)27(35)32-12-6-9-21(29)16-32/h4-5,7-8,10-11,13-15,21H,6,9,12,16-17,28-30H2,1-3H3/b7-4-,11-5-,22-8-. The second kappa shape index (κ2) is 10.2. The Labute approximate surface area is 206 Å². The van der Waals surface area contributed by atoms with Gasteiger partial charge in [-0.05, 0) is 81.8 Å². The average molecular weight is 474 g/mol. The molecule has 0 saturated carbocycles. The lowest BCUT2D eigenvalue weighted by Gasteiger charge is -2.30. The van der Waals surface area contributed by atoms with E-state index in [2.05, 4.69) is 23.6 Å². The number of carbonyl (C=O) groups is 1. The molecule has 0 spiro atoms. The fourth-order valence-electron chi connectivity index (χ4n) is 4.78. The van der Waals surface area contributed by atoms with Gasteiger partial charge in [0.2, 0.25) is 0 Å². The summed E-state index contributed by atoms with van der Waals surface area (Å²) < 4.78 is 4.19. The highest BCUT2D eigenvalue weighted by molar-refractivity contribution is 5.95. The molecule has 0 aromatic carbocycles. The van der Waals surface area contributed by atoms with Crippen LogP contribution >= 0.6 is 0 Å². The zero-order valence-corrected chi connectivity index (χ0v) is 20.7. The molecule has 3 aromatic rings. The number of allylic oxidation sites excluding steroid dienone is 4. The summed E-state index contributed by atoms with van der Waals surface area (Å²) in [6, 6.07) is 5.91. The van der Waals surface area contributed by atoms with Gasteiger partial charge in [0, 0.05) is 48.0 Å². The van der Waals surface area contributed by atoms with Gasteiger partial charge in [-0.1, -0.05) is 6.08 Å². The molecule has 0 aliphatic carbocycles. The topological polar surface area (TPSA) is 121 Å². The van der Waals surface area contributed by atoms with E-state index in [1.165, 1.54) is 6.20 Å². The number of aryl methyl sites for hydroxylation is 2. The predicted octanol–water partition coefficient (Wildman–Crippen LogP) is 3.33. The SMILES string of the molecule is C/C=C\c1c(C)cc(-c2nc3cc(C(=O)N4CCCC(N)C4)ccn3c2C)n1C/C(N)=C/C=C\N. The number of rotatable bonds is 6. The van der Waals surface area contributed by atoms with E-state index in [0.29, 0.717) is 24.4 Å². The molecule has 35 heavy (non-hydrogen) atoms. The summed E-state index contributed by atoms with van der Waals surface area (Å²) in [7, 11) is 0. The van der Waals surface area contributed by atoms with Gasteiger partial charge in [-0.3, -0.25) is 4.79 Å². The normalized spacial score (nSPS) is 17.3. The van der Waals surface area contributed by atoms with Crippen LogP contribution < -0.4 is 17.2 Å². The molecule has 1 fully saturated rings. The molecule has 3 aromatic heterocycles. The van der Waals surface area contributed by atoms with E-state index in [1.54, 1.807) is 12.2 Å². The number of aromatic nitrogens is 3. The van der Waals surface area contributed by atoms with Crippen molar-refractivity contribution in [3.05, 3.63) is 77.0 Å². The molecular weight excluding hydrogens is 438 g/mol. The molecular formula is C27H35N7O. The van der Waals surface area contributed by atoms with Crippen LogP contribution in [0.1, 0.15) is 47.1 Å². The van der Waals surface area contributed by atoms with Gasteiger partial charge in [0.1, 0.15) is 11.3 Å². The highest BCUT2D eigenvalue weighted by atomic mass is 16.2. The molecule has 1 unspecified atom stereocenters. The number of nitrogens with two attached hydrogens (primary N) is 3. The van der Waals surface area contributed by atoms with Crippen LogP contribution in [0.3, 0.4) is 0 Å². The lowest BCUT2D eigenvalue weighted by Crippen LogP contribution is -2.45. The van der Waals surface area contributed by atoms with Crippen LogP contribution in [0, 0.1) is 13.8 Å². The molecule has 1 saturated heterocycles. The van der Waals surface area contributed by atoms with Crippen molar-refractivity contribution in [2.45, 2.75) is 46.2 Å². The largest absolute Gasteiger partial charge is 0.405 e. The van der Waals surface area contributed by atoms with Gasteiger partial charge in [-0.15, -0.1) is 0 Å². The smallest absolute Gasteiger partial charge is 0.254 e. The molecule has 4 rings (SSSR count). The Kier molecular flexibility index (Phi) is 7.12. The van der Waals surface area contributed by atoms with Gasteiger partial charge in [-0.2, -0.15) is 0 Å². The van der Waals surface area contributed by atoms with Crippen LogP contribution in [0.25, 0.3) is 23.1 Å². The Morgan fingerprint density at radius 1 is 1.29 bits per heavy atom. The quantitative estimate of drug-likeness (QED) is 0.474. The Morgan fingerprint density at radius 3 is 2.80 bits per heavy atom. The Morgan fingerprint density at radius 2 is 2.09 bits per heavy atom. The van der Waals surface area contributed by atoms with Gasteiger partial charge in [0.25, 0.3) is 5.91 Å². The molecule has 0 bridgehead atoms.